The summed E-state index contributed by atoms with van der Waals surface area (Å²) in [7, 11) is -4.02. The van der Waals surface area contributed by atoms with Crippen LogP contribution in [0.1, 0.15) is 10.4 Å². The van der Waals surface area contributed by atoms with Crippen LogP contribution in [-0.2, 0) is 10.0 Å². The molecule has 0 radical (unpaired) electrons. The molecule has 12 heteroatoms. The fourth-order valence-electron chi connectivity index (χ4n) is 2.44. The van der Waals surface area contributed by atoms with Gasteiger partial charge in [0.15, 0.2) is 0 Å². The van der Waals surface area contributed by atoms with Crippen molar-refractivity contribution in [3.05, 3.63) is 78.2 Å². The topological polar surface area (TPSA) is 88.2 Å². The molecule has 0 spiro atoms. The third kappa shape index (κ3) is 6.18. The van der Waals surface area contributed by atoms with Crippen LogP contribution in [0.3, 0.4) is 0 Å². The third-order valence-corrected chi connectivity index (χ3v) is 5.87. The normalized spacial score (nSPS) is 11.7. The number of nitrogens with one attached hydrogen (secondary N) is 2. The molecule has 162 valence electrons. The molecule has 0 saturated carbocycles. The number of alkyl halides is 3. The highest BCUT2D eigenvalue weighted by Crippen LogP contribution is 2.37. The van der Waals surface area contributed by atoms with Gasteiger partial charge in [-0.1, -0.05) is 6.07 Å². The third-order valence-electron chi connectivity index (χ3n) is 3.73. The van der Waals surface area contributed by atoms with Crippen LogP contribution in [0.2, 0.25) is 0 Å². The van der Waals surface area contributed by atoms with Crippen LogP contribution in [0, 0.1) is 5.82 Å². The second-order valence-electron chi connectivity index (χ2n) is 6.00. The molecule has 0 bridgehead atoms. The molecule has 1 heterocycles. The van der Waals surface area contributed by atoms with E-state index in [2.05, 4.69) is 15.0 Å². The van der Waals surface area contributed by atoms with Crippen molar-refractivity contribution in [3.63, 3.8) is 0 Å². The highest BCUT2D eigenvalue weighted by atomic mass is 32.2. The molecule has 0 unspecified atom stereocenters. The Balaban J connectivity index is 1.75. The molecule has 0 saturated heterocycles. The molecule has 3 aromatic rings. The lowest BCUT2D eigenvalue weighted by atomic mass is 10.2. The van der Waals surface area contributed by atoms with Crippen LogP contribution >= 0.6 is 11.8 Å². The number of amides is 1. The number of hydrogen-bond acceptors (Lipinski definition) is 5. The molecule has 0 aliphatic heterocycles. The molecule has 0 fully saturated rings. The number of pyridine rings is 1. The van der Waals surface area contributed by atoms with Crippen LogP contribution in [-0.4, -0.2) is 24.8 Å². The summed E-state index contributed by atoms with van der Waals surface area (Å²) in [5, 5.41) is 1.89. The molecule has 3 rings (SSSR count). The van der Waals surface area contributed by atoms with Gasteiger partial charge in [0.2, 0.25) is 0 Å². The van der Waals surface area contributed by atoms with Gasteiger partial charge >= 0.3 is 5.51 Å². The molecule has 0 aliphatic rings. The van der Waals surface area contributed by atoms with Gasteiger partial charge in [-0.25, -0.2) is 17.8 Å². The van der Waals surface area contributed by atoms with Crippen LogP contribution < -0.4 is 10.0 Å². The summed E-state index contributed by atoms with van der Waals surface area (Å²) in [6, 6.07) is 12.3. The quantitative estimate of drug-likeness (QED) is 0.395. The Morgan fingerprint density at radius 2 is 1.68 bits per heavy atom. The van der Waals surface area contributed by atoms with Gasteiger partial charge in [-0.15, -0.1) is 0 Å². The molecule has 0 aliphatic carbocycles. The standard InChI is InChI=1S/C19H13F4N3O3S2/c20-12-3-1-4-14(11-12)26-31(28,29)15-8-6-13(7-9-15)25-17(27)16-5-2-10-24-18(16)30-19(21,22)23/h1-11,26H,(H,25,27). The summed E-state index contributed by atoms with van der Waals surface area (Å²) in [6.45, 7) is 0. The molecule has 6 nitrogen and oxygen atoms in total. The minimum Gasteiger partial charge on any atom is -0.322 e. The first-order valence-electron chi connectivity index (χ1n) is 8.44. The highest BCUT2D eigenvalue weighted by Gasteiger charge is 2.32. The van der Waals surface area contributed by atoms with Crippen molar-refractivity contribution in [1.82, 2.24) is 4.98 Å². The number of hydrogen-bond donors (Lipinski definition) is 2. The maximum absolute atomic E-state index is 13.2. The number of rotatable bonds is 6. The van der Waals surface area contributed by atoms with E-state index in [4.69, 9.17) is 0 Å². The van der Waals surface area contributed by atoms with Crippen molar-refractivity contribution in [3.8, 4) is 0 Å². The van der Waals surface area contributed by atoms with Gasteiger partial charge in [-0.2, -0.15) is 13.2 Å². The average Bonchev–Trinajstić information content (AvgIpc) is 2.67. The van der Waals surface area contributed by atoms with Gasteiger partial charge < -0.3 is 5.32 Å². The minimum absolute atomic E-state index is 0.0312. The average molecular weight is 471 g/mol. The first kappa shape index (κ1) is 22.6. The van der Waals surface area contributed by atoms with Gasteiger partial charge in [0.05, 0.1) is 16.1 Å². The number of nitrogens with zero attached hydrogens (tertiary/aromatic N) is 1. The number of carbonyl (C=O) groups excluding carboxylic acids is 1. The van der Waals surface area contributed by atoms with Crippen LogP contribution in [0.25, 0.3) is 0 Å². The van der Waals surface area contributed by atoms with Gasteiger partial charge in [-0.3, -0.25) is 9.52 Å². The van der Waals surface area contributed by atoms with Crippen molar-refractivity contribution in [1.29, 1.82) is 0 Å². The Morgan fingerprint density at radius 1 is 0.968 bits per heavy atom. The Labute approximate surface area is 178 Å². The maximum Gasteiger partial charge on any atom is 0.447 e. The first-order valence-corrected chi connectivity index (χ1v) is 10.7. The van der Waals surface area contributed by atoms with Crippen molar-refractivity contribution in [2.75, 3.05) is 10.0 Å². The lowest BCUT2D eigenvalue weighted by Gasteiger charge is -2.11. The van der Waals surface area contributed by atoms with Gasteiger partial charge in [-0.05, 0) is 54.6 Å². The fourth-order valence-corrected chi connectivity index (χ4v) is 4.09. The fraction of sp³-hybridized carbons (Fsp3) is 0.0526. The largest absolute Gasteiger partial charge is 0.447 e. The molecule has 1 amide bonds. The predicted molar refractivity (Wildman–Crippen MR) is 108 cm³/mol. The minimum atomic E-state index is -4.62. The van der Waals surface area contributed by atoms with Crippen LogP contribution in [0.5, 0.6) is 0 Å². The summed E-state index contributed by atoms with van der Waals surface area (Å²) in [4.78, 5) is 15.8. The summed E-state index contributed by atoms with van der Waals surface area (Å²) < 4.78 is 78.2. The summed E-state index contributed by atoms with van der Waals surface area (Å²) in [5.41, 5.74) is -4.71. The zero-order valence-corrected chi connectivity index (χ0v) is 17.0. The van der Waals surface area contributed by atoms with E-state index in [0.717, 1.165) is 18.3 Å². The van der Waals surface area contributed by atoms with E-state index >= 15 is 0 Å². The summed E-state index contributed by atoms with van der Waals surface area (Å²) in [5.74, 6) is -1.45. The Kier molecular flexibility index (Phi) is 6.51. The summed E-state index contributed by atoms with van der Waals surface area (Å²) in [6.07, 6.45) is 1.14. The Bertz CT molecular complexity index is 1200. The second kappa shape index (κ2) is 8.94. The van der Waals surface area contributed by atoms with Crippen molar-refractivity contribution < 1.29 is 30.8 Å². The van der Waals surface area contributed by atoms with E-state index in [0.29, 0.717) is 0 Å². The molecule has 2 N–H and O–H groups in total. The van der Waals surface area contributed by atoms with E-state index in [1.54, 1.807) is 0 Å². The SMILES string of the molecule is O=C(Nc1ccc(S(=O)(=O)Nc2cccc(F)c2)cc1)c1cccnc1SC(F)(F)F. The van der Waals surface area contributed by atoms with E-state index in [1.807, 2.05) is 0 Å². The number of carbonyl (C=O) groups is 1. The van der Waals surface area contributed by atoms with Crippen molar-refractivity contribution in [2.24, 2.45) is 0 Å². The zero-order valence-electron chi connectivity index (χ0n) is 15.4. The molecule has 2 aromatic carbocycles. The molecular weight excluding hydrogens is 458 g/mol. The number of aromatic nitrogens is 1. The monoisotopic (exact) mass is 471 g/mol. The highest BCUT2D eigenvalue weighted by molar-refractivity contribution is 8.00. The number of thioether (sulfide) groups is 1. The molecular formula is C19H13F4N3O3S2. The number of anilines is 2. The zero-order chi connectivity index (χ0) is 22.6. The Hall–Kier alpha value is -3.12. The van der Waals surface area contributed by atoms with Gasteiger partial charge in [0, 0.05) is 23.6 Å². The van der Waals surface area contributed by atoms with Crippen LogP contribution in [0.15, 0.2) is 76.8 Å². The van der Waals surface area contributed by atoms with Crippen LogP contribution in [0.4, 0.5) is 28.9 Å². The van der Waals surface area contributed by atoms with Crippen molar-refractivity contribution >= 4 is 39.1 Å². The van der Waals surface area contributed by atoms with Gasteiger partial charge in [0.25, 0.3) is 15.9 Å². The van der Waals surface area contributed by atoms with Gasteiger partial charge in [0.1, 0.15) is 10.8 Å². The lowest BCUT2D eigenvalue weighted by molar-refractivity contribution is -0.0329. The smallest absolute Gasteiger partial charge is 0.322 e. The molecule has 1 aromatic heterocycles. The Morgan fingerprint density at radius 3 is 2.32 bits per heavy atom. The molecule has 0 atom stereocenters. The van der Waals surface area contributed by atoms with E-state index in [1.165, 1.54) is 48.5 Å². The number of benzene rings is 2. The lowest BCUT2D eigenvalue weighted by Crippen LogP contribution is -2.15. The number of halogens is 4. The van der Waals surface area contributed by atoms with E-state index < -0.39 is 44.0 Å². The first-order chi connectivity index (χ1) is 14.5. The number of sulfonamides is 1. The second-order valence-corrected chi connectivity index (χ2v) is 8.73. The maximum atomic E-state index is 13.2. The summed E-state index contributed by atoms with van der Waals surface area (Å²) >= 11 is -0.512. The van der Waals surface area contributed by atoms with Crippen molar-refractivity contribution in [2.45, 2.75) is 15.4 Å². The molecule has 31 heavy (non-hydrogen) atoms. The predicted octanol–water partition coefficient (Wildman–Crippen LogP) is 4.89. The van der Waals surface area contributed by atoms with E-state index in [-0.39, 0.29) is 21.8 Å². The van der Waals surface area contributed by atoms with E-state index in [9.17, 15) is 30.8 Å².